The highest BCUT2D eigenvalue weighted by atomic mass is 32.2. The molecule has 4 aromatic rings. The van der Waals surface area contributed by atoms with Crippen LogP contribution in [0.2, 0.25) is 0 Å². The smallest absolute Gasteiger partial charge is 0.122 e. The maximum absolute atomic E-state index is 4.77. The van der Waals surface area contributed by atoms with Crippen molar-refractivity contribution < 1.29 is 0 Å². The number of rotatable bonds is 5. The van der Waals surface area contributed by atoms with Gasteiger partial charge in [-0.1, -0.05) is 73.6 Å². The molecule has 0 N–H and O–H groups in total. The fourth-order valence-corrected chi connectivity index (χ4v) is 4.33. The monoisotopic (exact) mass is 387 g/mol. The first kappa shape index (κ1) is 18.8. The van der Waals surface area contributed by atoms with Gasteiger partial charge >= 0.3 is 0 Å². The fourth-order valence-electron chi connectivity index (χ4n) is 3.29. The second-order valence-electron chi connectivity index (χ2n) is 7.59. The highest BCUT2D eigenvalue weighted by Crippen LogP contribution is 2.29. The molecule has 28 heavy (non-hydrogen) atoms. The van der Waals surface area contributed by atoms with Gasteiger partial charge in [0, 0.05) is 23.7 Å². The molecule has 0 aliphatic carbocycles. The van der Waals surface area contributed by atoms with E-state index in [1.165, 1.54) is 22.3 Å². The van der Waals surface area contributed by atoms with Crippen molar-refractivity contribution in [3.05, 3.63) is 83.2 Å². The summed E-state index contributed by atoms with van der Waals surface area (Å²) in [4.78, 5) is 4.62. The van der Waals surface area contributed by atoms with Gasteiger partial charge in [-0.25, -0.2) is 9.50 Å². The van der Waals surface area contributed by atoms with Crippen molar-refractivity contribution in [3.63, 3.8) is 0 Å². The first-order valence-corrected chi connectivity index (χ1v) is 10.6. The molecule has 142 valence electrons. The summed E-state index contributed by atoms with van der Waals surface area (Å²) in [5.41, 5.74) is 8.50. The molecule has 4 heteroatoms. The quantitative estimate of drug-likeness (QED) is 0.370. The van der Waals surface area contributed by atoms with Gasteiger partial charge < -0.3 is 0 Å². The van der Waals surface area contributed by atoms with Crippen molar-refractivity contribution in [1.82, 2.24) is 14.6 Å². The molecular formula is C24H25N3S. The minimum Gasteiger partial charge on any atom is -0.246 e. The van der Waals surface area contributed by atoms with Crippen LogP contribution in [-0.4, -0.2) is 14.6 Å². The predicted octanol–water partition coefficient (Wildman–Crippen LogP) is 6.43. The molecule has 0 unspecified atom stereocenters. The predicted molar refractivity (Wildman–Crippen MR) is 118 cm³/mol. The molecule has 0 aliphatic heterocycles. The van der Waals surface area contributed by atoms with E-state index < -0.39 is 0 Å². The molecule has 0 radical (unpaired) electrons. The molecule has 0 atom stereocenters. The zero-order valence-electron chi connectivity index (χ0n) is 16.8. The highest BCUT2D eigenvalue weighted by Gasteiger charge is 2.11. The van der Waals surface area contributed by atoms with Crippen LogP contribution in [0, 0.1) is 13.8 Å². The number of nitrogens with zero attached hydrogens (tertiary/aromatic N) is 3. The number of fused-ring (bicyclic) bond motifs is 1. The zero-order chi connectivity index (χ0) is 19.7. The van der Waals surface area contributed by atoms with E-state index in [2.05, 4.69) is 81.2 Å². The van der Waals surface area contributed by atoms with E-state index in [1.54, 1.807) is 11.8 Å². The van der Waals surface area contributed by atoms with Crippen molar-refractivity contribution in [2.45, 2.75) is 44.4 Å². The summed E-state index contributed by atoms with van der Waals surface area (Å²) in [7, 11) is 0. The molecule has 0 saturated heterocycles. The lowest BCUT2D eigenvalue weighted by molar-refractivity contribution is 0.866. The van der Waals surface area contributed by atoms with Gasteiger partial charge in [-0.15, -0.1) is 0 Å². The van der Waals surface area contributed by atoms with Crippen molar-refractivity contribution >= 4 is 17.3 Å². The molecule has 0 amide bonds. The Hall–Kier alpha value is -2.59. The Bertz CT molecular complexity index is 1110. The molecule has 2 aromatic carbocycles. The van der Waals surface area contributed by atoms with Crippen molar-refractivity contribution in [3.8, 4) is 11.3 Å². The van der Waals surface area contributed by atoms with Crippen LogP contribution < -0.4 is 0 Å². The van der Waals surface area contributed by atoms with Gasteiger partial charge in [-0.2, -0.15) is 5.10 Å². The Balaban J connectivity index is 1.62. The van der Waals surface area contributed by atoms with Crippen molar-refractivity contribution in [2.24, 2.45) is 0 Å². The normalized spacial score (nSPS) is 11.5. The number of aryl methyl sites for hydroxylation is 2. The van der Waals surface area contributed by atoms with Gasteiger partial charge in [0.2, 0.25) is 0 Å². The van der Waals surface area contributed by atoms with Crippen LogP contribution in [0.25, 0.3) is 16.8 Å². The summed E-state index contributed by atoms with van der Waals surface area (Å²) >= 11 is 1.77. The minimum absolute atomic E-state index is 0.535. The lowest BCUT2D eigenvalue weighted by Gasteiger charge is -2.07. The summed E-state index contributed by atoms with van der Waals surface area (Å²) in [6, 6.07) is 17.5. The van der Waals surface area contributed by atoms with E-state index in [1.807, 2.05) is 16.9 Å². The molecule has 0 fully saturated rings. The Morgan fingerprint density at radius 3 is 2.54 bits per heavy atom. The van der Waals surface area contributed by atoms with Crippen molar-refractivity contribution in [1.29, 1.82) is 0 Å². The molecule has 2 aromatic heterocycles. The second-order valence-corrected chi connectivity index (χ2v) is 8.55. The number of hydrogen-bond acceptors (Lipinski definition) is 3. The van der Waals surface area contributed by atoms with Crippen LogP contribution in [0.1, 0.15) is 42.0 Å². The van der Waals surface area contributed by atoms with Gasteiger partial charge in [0.05, 0.1) is 11.2 Å². The Labute approximate surface area is 170 Å². The molecule has 3 nitrogen and oxygen atoms in total. The second kappa shape index (κ2) is 7.80. The van der Waals surface area contributed by atoms with Crippen LogP contribution in [-0.2, 0) is 5.75 Å². The summed E-state index contributed by atoms with van der Waals surface area (Å²) < 4.78 is 1.93. The molecule has 0 spiro atoms. The SMILES string of the molecule is Cc1ccc(C)c(CSc2nccn3nc(-c4ccc(C(C)C)cc4)cc23)c1. The maximum atomic E-state index is 4.77. The molecule has 2 heterocycles. The summed E-state index contributed by atoms with van der Waals surface area (Å²) in [6.45, 7) is 8.73. The zero-order valence-corrected chi connectivity index (χ0v) is 17.6. The Morgan fingerprint density at radius 2 is 1.79 bits per heavy atom. The largest absolute Gasteiger partial charge is 0.246 e. The lowest BCUT2D eigenvalue weighted by atomic mass is 10.0. The molecular weight excluding hydrogens is 362 g/mol. The summed E-state index contributed by atoms with van der Waals surface area (Å²) in [5.74, 6) is 1.44. The van der Waals surface area contributed by atoms with E-state index in [4.69, 9.17) is 5.10 Å². The number of hydrogen-bond donors (Lipinski definition) is 0. The third kappa shape index (κ3) is 3.83. The number of aromatic nitrogens is 3. The summed E-state index contributed by atoms with van der Waals surface area (Å²) in [6.07, 6.45) is 3.75. The van der Waals surface area contributed by atoms with Crippen LogP contribution in [0.3, 0.4) is 0 Å². The van der Waals surface area contributed by atoms with Crippen LogP contribution in [0.5, 0.6) is 0 Å². The average Bonchev–Trinajstić information content (AvgIpc) is 3.13. The molecule has 0 bridgehead atoms. The van der Waals surface area contributed by atoms with Gasteiger partial charge in [0.25, 0.3) is 0 Å². The maximum Gasteiger partial charge on any atom is 0.122 e. The average molecular weight is 388 g/mol. The fraction of sp³-hybridized carbons (Fsp3) is 0.250. The third-order valence-electron chi connectivity index (χ3n) is 5.10. The van der Waals surface area contributed by atoms with Crippen LogP contribution in [0.15, 0.2) is 66.0 Å². The Kier molecular flexibility index (Phi) is 5.23. The van der Waals surface area contributed by atoms with Crippen molar-refractivity contribution in [2.75, 3.05) is 0 Å². The first-order valence-electron chi connectivity index (χ1n) is 9.65. The summed E-state index contributed by atoms with van der Waals surface area (Å²) in [5, 5.41) is 5.78. The van der Waals surface area contributed by atoms with E-state index in [-0.39, 0.29) is 0 Å². The van der Waals surface area contributed by atoms with Gasteiger partial charge in [0.15, 0.2) is 0 Å². The van der Waals surface area contributed by atoms with E-state index in [0.717, 1.165) is 27.6 Å². The van der Waals surface area contributed by atoms with Gasteiger partial charge in [-0.3, -0.25) is 0 Å². The van der Waals surface area contributed by atoms with E-state index in [9.17, 15) is 0 Å². The Morgan fingerprint density at radius 1 is 1.00 bits per heavy atom. The van der Waals surface area contributed by atoms with Gasteiger partial charge in [-0.05, 0) is 42.5 Å². The van der Waals surface area contributed by atoms with Crippen LogP contribution in [0.4, 0.5) is 0 Å². The molecule has 0 saturated carbocycles. The first-order chi connectivity index (χ1) is 13.5. The van der Waals surface area contributed by atoms with Gasteiger partial charge in [0.1, 0.15) is 5.03 Å². The standard InChI is InChI=1S/C24H25N3S/c1-16(2)19-7-9-20(10-8-19)22-14-23-24(25-11-12-27(23)26-22)28-15-21-13-17(3)5-6-18(21)4/h5-14,16H,15H2,1-4H3. The van der Waals surface area contributed by atoms with E-state index in [0.29, 0.717) is 5.92 Å². The topological polar surface area (TPSA) is 30.2 Å². The minimum atomic E-state index is 0.535. The lowest BCUT2D eigenvalue weighted by Crippen LogP contribution is -1.93. The highest BCUT2D eigenvalue weighted by molar-refractivity contribution is 7.98. The number of benzene rings is 2. The van der Waals surface area contributed by atoms with Crippen LogP contribution >= 0.6 is 11.8 Å². The molecule has 0 aliphatic rings. The molecule has 4 rings (SSSR count). The van der Waals surface area contributed by atoms with E-state index >= 15 is 0 Å². The third-order valence-corrected chi connectivity index (χ3v) is 6.14. The number of thioether (sulfide) groups is 1.